The monoisotopic (exact) mass is 297 g/mol. The average Bonchev–Trinajstić information content (AvgIpc) is 2.75. The highest BCUT2D eigenvalue weighted by molar-refractivity contribution is 7.15. The van der Waals surface area contributed by atoms with Crippen molar-refractivity contribution in [3.05, 3.63) is 39.4 Å². The molecule has 0 unspecified atom stereocenters. The first-order valence-corrected chi connectivity index (χ1v) is 6.71. The minimum absolute atomic E-state index is 0.0946. The normalized spacial score (nSPS) is 10.3. The first-order valence-electron chi connectivity index (χ1n) is 5.51. The third-order valence-corrected chi connectivity index (χ3v) is 3.99. The molecule has 0 saturated carbocycles. The lowest BCUT2D eigenvalue weighted by molar-refractivity contribution is 0.0606. The summed E-state index contributed by atoms with van der Waals surface area (Å²) in [4.78, 5) is 15.7. The maximum atomic E-state index is 11.4. The molecule has 0 atom stereocenters. The molecule has 0 bridgehead atoms. The van der Waals surface area contributed by atoms with Crippen LogP contribution in [0.15, 0.2) is 18.2 Å². The van der Waals surface area contributed by atoms with E-state index in [9.17, 15) is 4.79 Å². The number of hydrogen-bond acceptors (Lipinski definition) is 5. The van der Waals surface area contributed by atoms with E-state index in [2.05, 4.69) is 9.72 Å². The third kappa shape index (κ3) is 2.88. The topological polar surface area (TPSA) is 48.4 Å². The standard InChI is InChI=1S/C13H12ClNO3S/c1-7-5-4-6-9(8(7)2)18-13-15-11(14)10(19-13)12(16)17-3/h4-6H,1-3H3. The number of aromatic nitrogens is 1. The Balaban J connectivity index is 2.29. The molecule has 0 N–H and O–H groups in total. The van der Waals surface area contributed by atoms with E-state index < -0.39 is 5.97 Å². The Morgan fingerprint density at radius 2 is 2.11 bits per heavy atom. The zero-order valence-corrected chi connectivity index (χ0v) is 12.3. The fourth-order valence-electron chi connectivity index (χ4n) is 1.47. The Kier molecular flexibility index (Phi) is 4.07. The van der Waals surface area contributed by atoms with Crippen LogP contribution in [0, 0.1) is 13.8 Å². The van der Waals surface area contributed by atoms with Crippen molar-refractivity contribution in [2.45, 2.75) is 13.8 Å². The summed E-state index contributed by atoms with van der Waals surface area (Å²) in [5, 5.41) is 0.413. The van der Waals surface area contributed by atoms with Crippen molar-refractivity contribution in [1.29, 1.82) is 0 Å². The average molecular weight is 298 g/mol. The number of rotatable bonds is 3. The number of carbonyl (C=O) groups excluding carboxylic acids is 1. The SMILES string of the molecule is COC(=O)c1sc(Oc2cccc(C)c2C)nc1Cl. The fourth-order valence-corrected chi connectivity index (χ4v) is 2.53. The maximum Gasteiger partial charge on any atom is 0.351 e. The van der Waals surface area contributed by atoms with Crippen molar-refractivity contribution in [2.24, 2.45) is 0 Å². The summed E-state index contributed by atoms with van der Waals surface area (Å²) < 4.78 is 10.3. The lowest BCUT2D eigenvalue weighted by atomic mass is 10.1. The van der Waals surface area contributed by atoms with Gasteiger partial charge in [0.1, 0.15) is 5.75 Å². The minimum atomic E-state index is -0.515. The van der Waals surface area contributed by atoms with Crippen LogP contribution in [0.3, 0.4) is 0 Å². The van der Waals surface area contributed by atoms with Gasteiger partial charge < -0.3 is 9.47 Å². The number of halogens is 1. The zero-order valence-electron chi connectivity index (χ0n) is 10.7. The molecule has 19 heavy (non-hydrogen) atoms. The van der Waals surface area contributed by atoms with Gasteiger partial charge in [-0.25, -0.2) is 4.79 Å². The third-order valence-electron chi connectivity index (χ3n) is 2.69. The molecule has 1 aromatic carbocycles. The highest BCUT2D eigenvalue weighted by Crippen LogP contribution is 2.34. The van der Waals surface area contributed by atoms with E-state index >= 15 is 0 Å². The molecule has 0 aliphatic rings. The Bertz CT molecular complexity index is 624. The molecule has 0 fully saturated rings. The Labute approximate surface area is 120 Å². The molecule has 1 heterocycles. The van der Waals surface area contributed by atoms with Crippen molar-refractivity contribution < 1.29 is 14.3 Å². The van der Waals surface area contributed by atoms with Gasteiger partial charge in [0.15, 0.2) is 10.0 Å². The van der Waals surface area contributed by atoms with Crippen LogP contribution >= 0.6 is 22.9 Å². The molecule has 0 spiro atoms. The summed E-state index contributed by atoms with van der Waals surface area (Å²) in [6.07, 6.45) is 0. The van der Waals surface area contributed by atoms with Crippen molar-refractivity contribution in [2.75, 3.05) is 7.11 Å². The molecule has 0 radical (unpaired) electrons. The summed E-state index contributed by atoms with van der Waals surface area (Å²) in [6, 6.07) is 5.74. The van der Waals surface area contributed by atoms with Gasteiger partial charge in [0, 0.05) is 0 Å². The molecule has 0 saturated heterocycles. The number of aryl methyl sites for hydroxylation is 1. The van der Waals surface area contributed by atoms with Gasteiger partial charge in [0.05, 0.1) is 7.11 Å². The van der Waals surface area contributed by atoms with Crippen LogP contribution in [0.5, 0.6) is 10.9 Å². The van der Waals surface area contributed by atoms with Gasteiger partial charge in [-0.05, 0) is 31.0 Å². The lowest BCUT2D eigenvalue weighted by Gasteiger charge is -2.07. The summed E-state index contributed by atoms with van der Waals surface area (Å²) in [7, 11) is 1.30. The number of hydrogen-bond donors (Lipinski definition) is 0. The van der Waals surface area contributed by atoms with Crippen LogP contribution in [-0.2, 0) is 4.74 Å². The molecular formula is C13H12ClNO3S. The second-order valence-electron chi connectivity index (χ2n) is 3.89. The molecule has 100 valence electrons. The van der Waals surface area contributed by atoms with Crippen LogP contribution < -0.4 is 4.74 Å². The number of methoxy groups -OCH3 is 1. The van der Waals surface area contributed by atoms with Crippen molar-refractivity contribution >= 4 is 28.9 Å². The number of esters is 1. The molecule has 1 aromatic heterocycles. The van der Waals surface area contributed by atoms with Gasteiger partial charge in [-0.2, -0.15) is 4.98 Å². The highest BCUT2D eigenvalue weighted by atomic mass is 35.5. The number of nitrogens with zero attached hydrogens (tertiary/aromatic N) is 1. The first-order chi connectivity index (χ1) is 9.02. The van der Waals surface area contributed by atoms with Gasteiger partial charge in [-0.3, -0.25) is 0 Å². The molecule has 0 aliphatic carbocycles. The molecule has 4 nitrogen and oxygen atoms in total. The van der Waals surface area contributed by atoms with E-state index in [1.807, 2.05) is 32.0 Å². The largest absolute Gasteiger partial charge is 0.465 e. The van der Waals surface area contributed by atoms with Crippen LogP contribution in [-0.4, -0.2) is 18.1 Å². The molecule has 2 aromatic rings. The van der Waals surface area contributed by atoms with Crippen LogP contribution in [0.1, 0.15) is 20.8 Å². The van der Waals surface area contributed by atoms with Crippen molar-refractivity contribution in [3.63, 3.8) is 0 Å². The summed E-state index contributed by atoms with van der Waals surface area (Å²) in [5.41, 5.74) is 2.14. The molecule has 2 rings (SSSR count). The van der Waals surface area contributed by atoms with E-state index in [1.54, 1.807) is 0 Å². The van der Waals surface area contributed by atoms with E-state index in [0.717, 1.165) is 22.5 Å². The minimum Gasteiger partial charge on any atom is -0.465 e. The van der Waals surface area contributed by atoms with Crippen molar-refractivity contribution in [3.8, 4) is 10.9 Å². The maximum absolute atomic E-state index is 11.4. The van der Waals surface area contributed by atoms with Gasteiger partial charge in [0.2, 0.25) is 0 Å². The summed E-state index contributed by atoms with van der Waals surface area (Å²) >= 11 is 6.94. The molecular weight excluding hydrogens is 286 g/mol. The van der Waals surface area contributed by atoms with Crippen LogP contribution in [0.4, 0.5) is 0 Å². The lowest BCUT2D eigenvalue weighted by Crippen LogP contribution is -1.98. The zero-order chi connectivity index (χ0) is 14.0. The van der Waals surface area contributed by atoms with Crippen molar-refractivity contribution in [1.82, 2.24) is 4.98 Å². The number of thiazole rings is 1. The number of carbonyl (C=O) groups is 1. The van der Waals surface area contributed by atoms with Gasteiger partial charge in [-0.1, -0.05) is 35.1 Å². The summed E-state index contributed by atoms with van der Waals surface area (Å²) in [6.45, 7) is 3.96. The second-order valence-corrected chi connectivity index (χ2v) is 5.21. The van der Waals surface area contributed by atoms with E-state index in [1.165, 1.54) is 7.11 Å². The molecule has 6 heteroatoms. The molecule has 0 aliphatic heterocycles. The van der Waals surface area contributed by atoms with Gasteiger partial charge in [-0.15, -0.1) is 0 Å². The Morgan fingerprint density at radius 1 is 1.37 bits per heavy atom. The predicted molar refractivity (Wildman–Crippen MR) is 74.5 cm³/mol. The van der Waals surface area contributed by atoms with E-state index in [4.69, 9.17) is 16.3 Å². The Morgan fingerprint density at radius 3 is 2.79 bits per heavy atom. The Hall–Kier alpha value is -1.59. The van der Waals surface area contributed by atoms with Crippen LogP contribution in [0.2, 0.25) is 5.15 Å². The predicted octanol–water partition coefficient (Wildman–Crippen LogP) is 3.99. The first kappa shape index (κ1) is 13.8. The smallest absolute Gasteiger partial charge is 0.351 e. The summed E-state index contributed by atoms with van der Waals surface area (Å²) in [5.74, 6) is 0.181. The number of benzene rings is 1. The quantitative estimate of drug-likeness (QED) is 0.804. The van der Waals surface area contributed by atoms with E-state index in [0.29, 0.717) is 10.9 Å². The molecule has 0 amide bonds. The van der Waals surface area contributed by atoms with Gasteiger partial charge >= 0.3 is 5.97 Å². The highest BCUT2D eigenvalue weighted by Gasteiger charge is 2.18. The van der Waals surface area contributed by atoms with Gasteiger partial charge in [0.25, 0.3) is 5.19 Å². The van der Waals surface area contributed by atoms with E-state index in [-0.39, 0.29) is 10.0 Å². The second kappa shape index (κ2) is 5.59. The number of ether oxygens (including phenoxy) is 2. The fraction of sp³-hybridized carbons (Fsp3) is 0.231. The van der Waals surface area contributed by atoms with Crippen LogP contribution in [0.25, 0.3) is 0 Å².